The van der Waals surface area contributed by atoms with Gasteiger partial charge in [-0.1, -0.05) is 55.4 Å². The van der Waals surface area contributed by atoms with Gasteiger partial charge in [-0.3, -0.25) is 0 Å². The van der Waals surface area contributed by atoms with Gasteiger partial charge in [-0.15, -0.1) is 0 Å². The summed E-state index contributed by atoms with van der Waals surface area (Å²) in [6, 6.07) is 12.0. The van der Waals surface area contributed by atoms with Crippen LogP contribution in [-0.2, 0) is 16.1 Å². The first-order chi connectivity index (χ1) is 12.0. The summed E-state index contributed by atoms with van der Waals surface area (Å²) in [4.78, 5) is 11.7. The Morgan fingerprint density at radius 2 is 2.00 bits per heavy atom. The minimum atomic E-state index is -1.68. The van der Waals surface area contributed by atoms with E-state index in [0.29, 0.717) is 35.0 Å². The summed E-state index contributed by atoms with van der Waals surface area (Å²) in [5.74, 6) is -0.584. The van der Waals surface area contributed by atoms with Gasteiger partial charge in [-0.25, -0.2) is 0 Å². The highest BCUT2D eigenvalue weighted by molar-refractivity contribution is 5.57. The molecule has 0 saturated carbocycles. The molecule has 3 atom stereocenters. The molecule has 1 aliphatic carbocycles. The lowest BCUT2D eigenvalue weighted by Crippen LogP contribution is -2.49. The Morgan fingerprint density at radius 3 is 2.68 bits per heavy atom. The zero-order valence-electron chi connectivity index (χ0n) is 14.5. The molecule has 5 heteroatoms. The molecule has 0 radical (unpaired) electrons. The van der Waals surface area contributed by atoms with Crippen molar-refractivity contribution in [2.45, 2.75) is 44.1 Å². The van der Waals surface area contributed by atoms with Crippen LogP contribution in [-0.4, -0.2) is 11.7 Å². The Kier molecular flexibility index (Phi) is 3.49. The summed E-state index contributed by atoms with van der Waals surface area (Å²) < 4.78 is 12.2. The van der Waals surface area contributed by atoms with Crippen molar-refractivity contribution in [1.82, 2.24) is 0 Å². The minimum absolute atomic E-state index is 0.319. The smallest absolute Gasteiger partial charge is 0.273 e. The van der Waals surface area contributed by atoms with Crippen molar-refractivity contribution in [3.05, 3.63) is 69.6 Å². The monoisotopic (exact) mass is 339 g/mol. The van der Waals surface area contributed by atoms with Crippen molar-refractivity contribution in [2.75, 3.05) is 6.61 Å². The molecule has 5 nitrogen and oxygen atoms in total. The topological polar surface area (TPSA) is 68.1 Å². The lowest BCUT2D eigenvalue weighted by molar-refractivity contribution is -0.277. The molecule has 0 aromatic heterocycles. The van der Waals surface area contributed by atoms with Crippen LogP contribution >= 0.6 is 0 Å². The van der Waals surface area contributed by atoms with Crippen LogP contribution in [0.2, 0.25) is 0 Å². The number of aliphatic hydroxyl groups is 1. The first-order valence-corrected chi connectivity index (χ1v) is 8.61. The first kappa shape index (κ1) is 16.2. The fourth-order valence-electron chi connectivity index (χ4n) is 4.11. The Bertz CT molecular complexity index is 849. The summed E-state index contributed by atoms with van der Waals surface area (Å²) >= 11 is 0. The number of nitrogens with zero attached hydrogens (tertiary/aromatic N) is 1. The molecule has 0 spiro atoms. The van der Waals surface area contributed by atoms with Gasteiger partial charge in [0.2, 0.25) is 0 Å². The van der Waals surface area contributed by atoms with E-state index in [1.54, 1.807) is 6.07 Å². The van der Waals surface area contributed by atoms with Gasteiger partial charge in [-0.2, -0.15) is 4.91 Å². The molecule has 2 aliphatic rings. The van der Waals surface area contributed by atoms with Gasteiger partial charge in [0, 0.05) is 17.7 Å². The fraction of sp³-hybridized carbons (Fsp3) is 0.400. The summed E-state index contributed by atoms with van der Waals surface area (Å²) in [5.41, 5.74) is 1.27. The van der Waals surface area contributed by atoms with Crippen LogP contribution < -0.4 is 4.74 Å². The number of rotatable bonds is 4. The van der Waals surface area contributed by atoms with Crippen molar-refractivity contribution in [3.8, 4) is 5.75 Å². The highest BCUT2D eigenvalue weighted by Gasteiger charge is 2.72. The maximum absolute atomic E-state index is 11.7. The number of ether oxygens (including phenoxy) is 2. The van der Waals surface area contributed by atoms with E-state index in [9.17, 15) is 10.0 Å². The predicted molar refractivity (Wildman–Crippen MR) is 93.3 cm³/mol. The maximum Gasteiger partial charge on any atom is 0.273 e. The quantitative estimate of drug-likeness (QED) is 0.852. The van der Waals surface area contributed by atoms with Gasteiger partial charge in [0.1, 0.15) is 5.75 Å². The third-order valence-electron chi connectivity index (χ3n) is 5.30. The number of hydrogen-bond acceptors (Lipinski definition) is 5. The fourth-order valence-corrected chi connectivity index (χ4v) is 4.11. The van der Waals surface area contributed by atoms with Crippen LogP contribution in [0.15, 0.2) is 47.6 Å². The van der Waals surface area contributed by atoms with E-state index in [0.717, 1.165) is 5.56 Å². The molecule has 1 aliphatic heterocycles. The first-order valence-electron chi connectivity index (χ1n) is 8.61. The van der Waals surface area contributed by atoms with Gasteiger partial charge in [0.15, 0.2) is 11.6 Å². The van der Waals surface area contributed by atoms with Gasteiger partial charge >= 0.3 is 0 Å². The Labute approximate surface area is 146 Å². The number of benzene rings is 2. The molecule has 0 fully saturated rings. The van der Waals surface area contributed by atoms with Gasteiger partial charge in [0.25, 0.3) is 5.79 Å². The molecule has 130 valence electrons. The zero-order chi connectivity index (χ0) is 17.8. The van der Waals surface area contributed by atoms with E-state index in [-0.39, 0.29) is 0 Å². The van der Waals surface area contributed by atoms with E-state index in [1.807, 2.05) is 43.3 Å². The average Bonchev–Trinajstić information content (AvgIpc) is 2.96. The molecular formula is C20H21NO4. The SMILES string of the molecule is CCO[C@@]12Oc3cc(C(C)C)ccc3[C@]1(O)C(N=O)c1ccccc12. The van der Waals surface area contributed by atoms with E-state index in [2.05, 4.69) is 19.0 Å². The average molecular weight is 339 g/mol. The van der Waals surface area contributed by atoms with Crippen molar-refractivity contribution in [1.29, 1.82) is 0 Å². The second-order valence-corrected chi connectivity index (χ2v) is 6.92. The summed E-state index contributed by atoms with van der Waals surface area (Å²) in [6.45, 7) is 6.35. The van der Waals surface area contributed by atoms with Crippen LogP contribution in [0.1, 0.15) is 55.0 Å². The second kappa shape index (κ2) is 5.38. The molecule has 0 saturated heterocycles. The Balaban J connectivity index is 1.99. The second-order valence-electron chi connectivity index (χ2n) is 6.92. The molecule has 25 heavy (non-hydrogen) atoms. The largest absolute Gasteiger partial charge is 0.454 e. The van der Waals surface area contributed by atoms with Crippen LogP contribution in [0, 0.1) is 4.91 Å². The van der Waals surface area contributed by atoms with Gasteiger partial charge in [0.05, 0.1) is 0 Å². The molecule has 0 amide bonds. The van der Waals surface area contributed by atoms with Crippen molar-refractivity contribution >= 4 is 0 Å². The summed E-state index contributed by atoms with van der Waals surface area (Å²) in [6.07, 6.45) is 0. The highest BCUT2D eigenvalue weighted by atomic mass is 16.7. The van der Waals surface area contributed by atoms with E-state index >= 15 is 0 Å². The van der Waals surface area contributed by atoms with Crippen LogP contribution in [0.25, 0.3) is 0 Å². The van der Waals surface area contributed by atoms with Gasteiger partial charge < -0.3 is 14.6 Å². The third-order valence-corrected chi connectivity index (χ3v) is 5.30. The number of nitroso groups, excluding NO2 is 1. The molecular weight excluding hydrogens is 318 g/mol. The molecule has 0 bridgehead atoms. The van der Waals surface area contributed by atoms with Gasteiger partial charge in [-0.05, 0) is 30.0 Å². The van der Waals surface area contributed by atoms with E-state index < -0.39 is 17.4 Å². The highest BCUT2D eigenvalue weighted by Crippen LogP contribution is 2.65. The predicted octanol–water partition coefficient (Wildman–Crippen LogP) is 4.10. The normalized spacial score (nSPS) is 29.1. The zero-order valence-corrected chi connectivity index (χ0v) is 14.5. The van der Waals surface area contributed by atoms with E-state index in [1.165, 1.54) is 0 Å². The van der Waals surface area contributed by atoms with Crippen LogP contribution in [0.3, 0.4) is 0 Å². The molecule has 1 heterocycles. The third kappa shape index (κ3) is 1.85. The van der Waals surface area contributed by atoms with Crippen molar-refractivity contribution in [2.24, 2.45) is 5.18 Å². The Morgan fingerprint density at radius 1 is 1.24 bits per heavy atom. The van der Waals surface area contributed by atoms with Crippen molar-refractivity contribution in [3.63, 3.8) is 0 Å². The lowest BCUT2D eigenvalue weighted by atomic mass is 9.84. The maximum atomic E-state index is 11.7. The molecule has 1 N–H and O–H groups in total. The van der Waals surface area contributed by atoms with E-state index in [4.69, 9.17) is 9.47 Å². The molecule has 4 rings (SSSR count). The molecule has 2 aromatic carbocycles. The van der Waals surface area contributed by atoms with Crippen LogP contribution in [0.4, 0.5) is 0 Å². The summed E-state index contributed by atoms with van der Waals surface area (Å²) in [5, 5.41) is 15.0. The van der Waals surface area contributed by atoms with Crippen molar-refractivity contribution < 1.29 is 14.6 Å². The standard InChI is InChI=1S/C20H21NO4/c1-4-24-20-15-8-6-5-7-14(15)18(21-23)19(20,22)16-10-9-13(12(2)3)11-17(16)25-20/h5-12,18,22H,4H2,1-3H3/t18?,19-,20-/m0/s1. The lowest BCUT2D eigenvalue weighted by Gasteiger charge is -2.36. The van der Waals surface area contributed by atoms with Crippen LogP contribution in [0.5, 0.6) is 5.75 Å². The Hall–Kier alpha value is -2.24. The molecule has 1 unspecified atom stereocenters. The summed E-state index contributed by atoms with van der Waals surface area (Å²) in [7, 11) is 0. The minimum Gasteiger partial charge on any atom is -0.454 e. The number of fused-ring (bicyclic) bond motifs is 5. The molecule has 2 aromatic rings. The number of hydrogen-bond donors (Lipinski definition) is 1.